The minimum Gasteiger partial charge on any atom is -0.331 e. The summed E-state index contributed by atoms with van der Waals surface area (Å²) in [5.41, 5.74) is 0.736. The van der Waals surface area contributed by atoms with Gasteiger partial charge in [0.15, 0.2) is 5.11 Å². The van der Waals surface area contributed by atoms with Gasteiger partial charge in [0.05, 0.1) is 15.6 Å². The van der Waals surface area contributed by atoms with Crippen molar-refractivity contribution in [1.82, 2.24) is 5.32 Å². The molecule has 0 aliphatic heterocycles. The van der Waals surface area contributed by atoms with E-state index in [1.807, 2.05) is 0 Å². The van der Waals surface area contributed by atoms with Crippen molar-refractivity contribution in [2.24, 2.45) is 0 Å². The van der Waals surface area contributed by atoms with Crippen molar-refractivity contribution in [2.75, 3.05) is 5.32 Å². The van der Waals surface area contributed by atoms with E-state index in [4.69, 9.17) is 23.8 Å². The largest absolute Gasteiger partial charge is 0.331 e. The molecule has 0 radical (unpaired) electrons. The molecule has 0 aliphatic rings. The van der Waals surface area contributed by atoms with Crippen LogP contribution in [0.25, 0.3) is 0 Å². The van der Waals surface area contributed by atoms with Gasteiger partial charge in [0.2, 0.25) is 0 Å². The van der Waals surface area contributed by atoms with Crippen LogP contribution in [-0.2, 0) is 0 Å². The zero-order valence-corrected chi connectivity index (χ0v) is 12.6. The van der Waals surface area contributed by atoms with Crippen LogP contribution in [0.15, 0.2) is 48.5 Å². The molecule has 2 aromatic carbocycles. The number of halogens is 1. The Kier molecular flexibility index (Phi) is 5.03. The number of non-ortho nitro benzene ring substituents is 1. The number of anilines is 1. The number of hydrogen-bond donors (Lipinski definition) is 2. The van der Waals surface area contributed by atoms with E-state index in [9.17, 15) is 14.9 Å². The quantitative estimate of drug-likeness (QED) is 0.510. The number of carbonyl (C=O) groups excluding carboxylic acids is 1. The number of carbonyl (C=O) groups is 1. The van der Waals surface area contributed by atoms with Crippen molar-refractivity contribution in [3.8, 4) is 0 Å². The summed E-state index contributed by atoms with van der Waals surface area (Å²) in [6, 6.07) is 12.1. The van der Waals surface area contributed by atoms with E-state index in [-0.39, 0.29) is 16.4 Å². The Morgan fingerprint density at radius 1 is 1.14 bits per heavy atom. The van der Waals surface area contributed by atoms with Crippen LogP contribution in [0.2, 0.25) is 5.02 Å². The van der Waals surface area contributed by atoms with Crippen molar-refractivity contribution in [3.05, 3.63) is 69.2 Å². The molecule has 0 atom stereocenters. The maximum atomic E-state index is 12.0. The zero-order valence-electron chi connectivity index (χ0n) is 11.1. The van der Waals surface area contributed by atoms with Gasteiger partial charge in [-0.2, -0.15) is 0 Å². The first-order valence-electron chi connectivity index (χ1n) is 6.08. The molecule has 0 fully saturated rings. The molecule has 8 heteroatoms. The summed E-state index contributed by atoms with van der Waals surface area (Å²) >= 11 is 11.0. The summed E-state index contributed by atoms with van der Waals surface area (Å²) in [6.07, 6.45) is 0. The number of nitro groups is 1. The molecule has 0 saturated carbocycles. The molecule has 22 heavy (non-hydrogen) atoms. The first-order valence-corrected chi connectivity index (χ1v) is 6.87. The van der Waals surface area contributed by atoms with Crippen LogP contribution in [0.1, 0.15) is 10.4 Å². The maximum absolute atomic E-state index is 12.0. The molecule has 112 valence electrons. The van der Waals surface area contributed by atoms with E-state index in [0.29, 0.717) is 10.7 Å². The van der Waals surface area contributed by atoms with Crippen LogP contribution in [-0.4, -0.2) is 15.9 Å². The van der Waals surface area contributed by atoms with Gasteiger partial charge in [0.25, 0.3) is 11.6 Å². The highest BCUT2D eigenvalue weighted by atomic mass is 35.5. The Hall–Kier alpha value is -2.51. The molecule has 1 amide bonds. The minimum absolute atomic E-state index is 0.0800. The number of amides is 1. The summed E-state index contributed by atoms with van der Waals surface area (Å²) in [5, 5.41) is 16.4. The molecule has 0 saturated heterocycles. The van der Waals surface area contributed by atoms with Crippen molar-refractivity contribution in [2.45, 2.75) is 0 Å². The molecule has 0 spiro atoms. The predicted molar refractivity (Wildman–Crippen MR) is 88.2 cm³/mol. The molecule has 0 bridgehead atoms. The average molecular weight is 336 g/mol. The van der Waals surface area contributed by atoms with Gasteiger partial charge in [-0.05, 0) is 36.5 Å². The number of rotatable bonds is 3. The molecule has 2 aromatic rings. The average Bonchev–Trinajstić information content (AvgIpc) is 2.49. The van der Waals surface area contributed by atoms with Crippen LogP contribution in [0, 0.1) is 10.1 Å². The van der Waals surface area contributed by atoms with Crippen LogP contribution in [0.4, 0.5) is 11.4 Å². The Labute approximate surface area is 136 Å². The smallest absolute Gasteiger partial charge is 0.269 e. The number of nitro benzene ring substituents is 1. The van der Waals surface area contributed by atoms with Gasteiger partial charge in [-0.15, -0.1) is 0 Å². The number of para-hydroxylation sites is 1. The molecule has 0 heterocycles. The van der Waals surface area contributed by atoms with Gasteiger partial charge in [-0.25, -0.2) is 0 Å². The number of thiocarbonyl (C=S) groups is 1. The van der Waals surface area contributed by atoms with Crippen LogP contribution in [0.3, 0.4) is 0 Å². The number of nitrogens with one attached hydrogen (secondary N) is 2. The topological polar surface area (TPSA) is 84.3 Å². The van der Waals surface area contributed by atoms with Gasteiger partial charge < -0.3 is 5.32 Å². The third-order valence-corrected chi connectivity index (χ3v) is 3.22. The number of benzene rings is 2. The van der Waals surface area contributed by atoms with E-state index in [2.05, 4.69) is 10.6 Å². The van der Waals surface area contributed by atoms with Crippen molar-refractivity contribution in [1.29, 1.82) is 0 Å². The SMILES string of the molecule is O=C(NC(=S)Nc1ccccc1Cl)c1ccc([N+](=O)[O-])cc1. The van der Waals surface area contributed by atoms with Crippen LogP contribution >= 0.6 is 23.8 Å². The van der Waals surface area contributed by atoms with E-state index < -0.39 is 10.8 Å². The van der Waals surface area contributed by atoms with Gasteiger partial charge in [-0.3, -0.25) is 20.2 Å². The zero-order chi connectivity index (χ0) is 16.1. The maximum Gasteiger partial charge on any atom is 0.269 e. The Morgan fingerprint density at radius 2 is 1.77 bits per heavy atom. The summed E-state index contributed by atoms with van der Waals surface area (Å²) in [4.78, 5) is 22.0. The van der Waals surface area contributed by atoms with Gasteiger partial charge in [-0.1, -0.05) is 23.7 Å². The standard InChI is InChI=1S/C14H10ClN3O3S/c15-11-3-1-2-4-12(11)16-14(22)17-13(19)9-5-7-10(8-6-9)18(20)21/h1-8H,(H2,16,17,19,22). The highest BCUT2D eigenvalue weighted by Gasteiger charge is 2.11. The monoisotopic (exact) mass is 335 g/mol. The Morgan fingerprint density at radius 3 is 2.36 bits per heavy atom. The molecule has 0 aromatic heterocycles. The fourth-order valence-electron chi connectivity index (χ4n) is 1.63. The molecular weight excluding hydrogens is 326 g/mol. The van der Waals surface area contributed by atoms with E-state index in [0.717, 1.165) is 0 Å². The van der Waals surface area contributed by atoms with E-state index in [1.54, 1.807) is 24.3 Å². The third-order valence-electron chi connectivity index (χ3n) is 2.69. The molecule has 0 aliphatic carbocycles. The molecule has 0 unspecified atom stereocenters. The number of hydrogen-bond acceptors (Lipinski definition) is 4. The fraction of sp³-hybridized carbons (Fsp3) is 0. The Bertz CT molecular complexity index is 734. The minimum atomic E-state index is -0.536. The van der Waals surface area contributed by atoms with Crippen molar-refractivity contribution < 1.29 is 9.72 Å². The van der Waals surface area contributed by atoms with Crippen LogP contribution < -0.4 is 10.6 Å². The van der Waals surface area contributed by atoms with E-state index in [1.165, 1.54) is 24.3 Å². The normalized spacial score (nSPS) is 9.86. The first kappa shape index (κ1) is 15.9. The number of nitrogens with zero attached hydrogens (tertiary/aromatic N) is 1. The van der Waals surface area contributed by atoms with Crippen LogP contribution in [0.5, 0.6) is 0 Å². The first-order chi connectivity index (χ1) is 10.5. The predicted octanol–water partition coefficient (Wildman–Crippen LogP) is 3.38. The highest BCUT2D eigenvalue weighted by Crippen LogP contribution is 2.20. The summed E-state index contributed by atoms with van der Waals surface area (Å²) in [6.45, 7) is 0. The van der Waals surface area contributed by atoms with Gasteiger partial charge in [0, 0.05) is 17.7 Å². The molecule has 2 rings (SSSR count). The highest BCUT2D eigenvalue weighted by molar-refractivity contribution is 7.80. The van der Waals surface area contributed by atoms with E-state index >= 15 is 0 Å². The third kappa shape index (κ3) is 4.00. The lowest BCUT2D eigenvalue weighted by Gasteiger charge is -2.10. The second-order valence-corrected chi connectivity index (χ2v) is 5.01. The summed E-state index contributed by atoms with van der Waals surface area (Å²) < 4.78 is 0. The lowest BCUT2D eigenvalue weighted by atomic mass is 10.2. The van der Waals surface area contributed by atoms with Crippen molar-refractivity contribution >= 4 is 46.2 Å². The molecule has 2 N–H and O–H groups in total. The molecule has 6 nitrogen and oxygen atoms in total. The fourth-order valence-corrected chi connectivity index (χ4v) is 2.01. The second kappa shape index (κ2) is 6.97. The molecular formula is C14H10ClN3O3S. The summed E-state index contributed by atoms with van der Waals surface area (Å²) in [7, 11) is 0. The Balaban J connectivity index is 2.01. The lowest BCUT2D eigenvalue weighted by Crippen LogP contribution is -2.34. The van der Waals surface area contributed by atoms with Gasteiger partial charge in [0.1, 0.15) is 0 Å². The lowest BCUT2D eigenvalue weighted by molar-refractivity contribution is -0.384. The second-order valence-electron chi connectivity index (χ2n) is 4.19. The van der Waals surface area contributed by atoms with Gasteiger partial charge >= 0.3 is 0 Å². The van der Waals surface area contributed by atoms with Crippen molar-refractivity contribution in [3.63, 3.8) is 0 Å². The summed E-state index contributed by atoms with van der Waals surface area (Å²) in [5.74, 6) is -0.473.